The number of hydrogen-bond donors (Lipinski definition) is 0. The molecule has 0 radical (unpaired) electrons. The van der Waals surface area contributed by atoms with E-state index in [0.717, 1.165) is 16.8 Å². The van der Waals surface area contributed by atoms with Crippen molar-refractivity contribution in [2.24, 2.45) is 0 Å². The molecule has 166 valence electrons. The van der Waals surface area contributed by atoms with Crippen LogP contribution in [0.5, 0.6) is 11.5 Å². The van der Waals surface area contributed by atoms with Crippen LogP contribution in [-0.2, 0) is 11.4 Å². The monoisotopic (exact) mass is 507 g/mol. The normalized spacial score (nSPS) is 15.8. The summed E-state index contributed by atoms with van der Waals surface area (Å²) < 4.78 is 11.9. The molecule has 1 atom stereocenters. The fourth-order valence-electron chi connectivity index (χ4n) is 3.41. The van der Waals surface area contributed by atoms with Crippen LogP contribution in [0.3, 0.4) is 0 Å². The van der Waals surface area contributed by atoms with Crippen LogP contribution in [0.1, 0.15) is 23.4 Å². The summed E-state index contributed by atoms with van der Waals surface area (Å²) in [6, 6.07) is 18.3. The third-order valence-electron chi connectivity index (χ3n) is 4.92. The Morgan fingerprint density at radius 1 is 0.938 bits per heavy atom. The van der Waals surface area contributed by atoms with Crippen molar-refractivity contribution in [3.8, 4) is 11.5 Å². The van der Waals surface area contributed by atoms with Gasteiger partial charge in [-0.25, -0.2) is 0 Å². The van der Waals surface area contributed by atoms with E-state index in [4.69, 9.17) is 44.3 Å². The average Bonchev–Trinajstić information content (AvgIpc) is 3.16. The predicted molar refractivity (Wildman–Crippen MR) is 133 cm³/mol. The third kappa shape index (κ3) is 5.12. The molecule has 1 saturated heterocycles. The van der Waals surface area contributed by atoms with Crippen LogP contribution in [-0.4, -0.2) is 18.3 Å². The second-order valence-electron chi connectivity index (χ2n) is 7.07. The molecular weight excluding hydrogens is 489 g/mol. The molecule has 3 aromatic rings. The zero-order chi connectivity index (χ0) is 22.7. The number of hydrogen-bond acceptors (Lipinski definition) is 4. The number of carbonyl (C=O) groups excluding carboxylic acids is 1. The maximum atomic E-state index is 12.6. The first-order valence-corrected chi connectivity index (χ1v) is 12.2. The SMILES string of the molecule is CCOc1cc([C@@H]2SCC(=O)N2c2ccc(Cl)cc2)ccc1OCc1ccc(Cl)cc1Cl. The summed E-state index contributed by atoms with van der Waals surface area (Å²) in [5.41, 5.74) is 2.59. The quantitative estimate of drug-likeness (QED) is 0.333. The highest BCUT2D eigenvalue weighted by Crippen LogP contribution is 2.44. The van der Waals surface area contributed by atoms with Gasteiger partial charge in [0.05, 0.1) is 12.4 Å². The lowest BCUT2D eigenvalue weighted by molar-refractivity contribution is -0.115. The second-order valence-corrected chi connectivity index (χ2v) is 9.42. The van der Waals surface area contributed by atoms with Gasteiger partial charge in [-0.15, -0.1) is 11.8 Å². The van der Waals surface area contributed by atoms with Crippen molar-refractivity contribution >= 4 is 58.2 Å². The van der Waals surface area contributed by atoms with Gasteiger partial charge in [-0.1, -0.05) is 46.9 Å². The number of halogens is 3. The van der Waals surface area contributed by atoms with Crippen LogP contribution in [0.15, 0.2) is 60.7 Å². The van der Waals surface area contributed by atoms with E-state index in [-0.39, 0.29) is 17.9 Å². The van der Waals surface area contributed by atoms with Gasteiger partial charge in [-0.05, 0) is 61.0 Å². The van der Waals surface area contributed by atoms with Gasteiger partial charge >= 0.3 is 0 Å². The minimum atomic E-state index is -0.164. The van der Waals surface area contributed by atoms with Crippen molar-refractivity contribution in [1.29, 1.82) is 0 Å². The number of ether oxygens (including phenoxy) is 2. The molecule has 0 aromatic heterocycles. The van der Waals surface area contributed by atoms with Crippen molar-refractivity contribution in [1.82, 2.24) is 0 Å². The van der Waals surface area contributed by atoms with E-state index < -0.39 is 0 Å². The first-order chi connectivity index (χ1) is 15.5. The van der Waals surface area contributed by atoms with E-state index in [2.05, 4.69) is 0 Å². The van der Waals surface area contributed by atoms with Gasteiger partial charge in [0.1, 0.15) is 12.0 Å². The van der Waals surface area contributed by atoms with Crippen LogP contribution in [0.4, 0.5) is 5.69 Å². The number of benzene rings is 3. The number of amides is 1. The summed E-state index contributed by atoms with van der Waals surface area (Å²) in [6.45, 7) is 2.68. The number of carbonyl (C=O) groups is 1. The molecule has 4 nitrogen and oxygen atoms in total. The van der Waals surface area contributed by atoms with E-state index in [1.54, 1.807) is 40.9 Å². The maximum Gasteiger partial charge on any atom is 0.238 e. The Balaban J connectivity index is 1.59. The Labute approximate surface area is 206 Å². The van der Waals surface area contributed by atoms with Gasteiger partial charge in [0, 0.05) is 26.3 Å². The summed E-state index contributed by atoms with van der Waals surface area (Å²) in [5.74, 6) is 1.68. The van der Waals surface area contributed by atoms with E-state index in [0.29, 0.717) is 38.9 Å². The van der Waals surface area contributed by atoms with Crippen LogP contribution in [0, 0.1) is 0 Å². The Morgan fingerprint density at radius 2 is 1.69 bits per heavy atom. The molecule has 4 rings (SSSR count). The average molecular weight is 509 g/mol. The number of anilines is 1. The minimum Gasteiger partial charge on any atom is -0.490 e. The highest BCUT2D eigenvalue weighted by atomic mass is 35.5. The van der Waals surface area contributed by atoms with Crippen LogP contribution in [0.2, 0.25) is 15.1 Å². The maximum absolute atomic E-state index is 12.6. The Bertz CT molecular complexity index is 1120. The van der Waals surface area contributed by atoms with Gasteiger partial charge in [-0.2, -0.15) is 0 Å². The Kier molecular flexibility index (Phi) is 7.41. The summed E-state index contributed by atoms with van der Waals surface area (Å²) in [4.78, 5) is 14.4. The lowest BCUT2D eigenvalue weighted by atomic mass is 10.1. The first kappa shape index (κ1) is 23.1. The Morgan fingerprint density at radius 3 is 2.41 bits per heavy atom. The smallest absolute Gasteiger partial charge is 0.238 e. The highest BCUT2D eigenvalue weighted by Gasteiger charge is 2.34. The Hall–Kier alpha value is -2.05. The number of thioether (sulfide) groups is 1. The first-order valence-electron chi connectivity index (χ1n) is 9.99. The molecule has 0 saturated carbocycles. The molecule has 0 bridgehead atoms. The highest BCUT2D eigenvalue weighted by molar-refractivity contribution is 8.00. The number of nitrogens with zero attached hydrogens (tertiary/aromatic N) is 1. The molecule has 0 aliphatic carbocycles. The zero-order valence-electron chi connectivity index (χ0n) is 17.2. The summed E-state index contributed by atoms with van der Waals surface area (Å²) in [7, 11) is 0. The molecule has 0 N–H and O–H groups in total. The van der Waals surface area contributed by atoms with Crippen LogP contribution in [0.25, 0.3) is 0 Å². The minimum absolute atomic E-state index is 0.0537. The van der Waals surface area contributed by atoms with E-state index in [9.17, 15) is 4.79 Å². The van der Waals surface area contributed by atoms with Crippen molar-refractivity contribution in [3.05, 3.63) is 86.9 Å². The molecule has 0 spiro atoms. The van der Waals surface area contributed by atoms with Gasteiger partial charge < -0.3 is 9.47 Å². The molecule has 8 heteroatoms. The summed E-state index contributed by atoms with van der Waals surface area (Å²) >= 11 is 19.8. The van der Waals surface area contributed by atoms with Crippen molar-refractivity contribution in [2.45, 2.75) is 18.9 Å². The predicted octanol–water partition coefficient (Wildman–Crippen LogP) is 7.40. The van der Waals surface area contributed by atoms with E-state index in [1.807, 2.05) is 43.3 Å². The lowest BCUT2D eigenvalue weighted by Crippen LogP contribution is -2.27. The van der Waals surface area contributed by atoms with Crippen molar-refractivity contribution in [3.63, 3.8) is 0 Å². The molecule has 1 heterocycles. The topological polar surface area (TPSA) is 38.8 Å². The van der Waals surface area contributed by atoms with Gasteiger partial charge in [0.15, 0.2) is 11.5 Å². The molecule has 1 fully saturated rings. The molecule has 0 unspecified atom stereocenters. The molecule has 1 amide bonds. The number of rotatable bonds is 7. The molecule has 1 aliphatic heterocycles. The van der Waals surface area contributed by atoms with Gasteiger partial charge in [-0.3, -0.25) is 9.69 Å². The second kappa shape index (κ2) is 10.3. The summed E-state index contributed by atoms with van der Waals surface area (Å²) in [5, 5.41) is 1.59. The standard InChI is InChI=1S/C24H20Cl3NO3S/c1-2-30-22-11-15(4-10-21(22)31-13-16-3-5-18(26)12-20(16)27)24-28(23(29)14-32-24)19-8-6-17(25)7-9-19/h3-12,24H,2,13-14H2,1H3/t24-/m0/s1. The molecule has 3 aromatic carbocycles. The summed E-state index contributed by atoms with van der Waals surface area (Å²) in [6.07, 6.45) is 0. The van der Waals surface area contributed by atoms with Gasteiger partial charge in [0.25, 0.3) is 0 Å². The van der Waals surface area contributed by atoms with Crippen molar-refractivity contribution in [2.75, 3.05) is 17.3 Å². The zero-order valence-corrected chi connectivity index (χ0v) is 20.3. The fraction of sp³-hybridized carbons (Fsp3) is 0.208. The fourth-order valence-corrected chi connectivity index (χ4v) is 5.17. The van der Waals surface area contributed by atoms with Gasteiger partial charge in [0.2, 0.25) is 5.91 Å². The molecular formula is C24H20Cl3NO3S. The third-order valence-corrected chi connectivity index (χ3v) is 6.97. The lowest BCUT2D eigenvalue weighted by Gasteiger charge is -2.25. The molecule has 32 heavy (non-hydrogen) atoms. The van der Waals surface area contributed by atoms with E-state index >= 15 is 0 Å². The van der Waals surface area contributed by atoms with Crippen LogP contribution < -0.4 is 14.4 Å². The van der Waals surface area contributed by atoms with Crippen molar-refractivity contribution < 1.29 is 14.3 Å². The van der Waals surface area contributed by atoms with Crippen LogP contribution >= 0.6 is 46.6 Å². The van der Waals surface area contributed by atoms with E-state index in [1.165, 1.54) is 0 Å². The molecule has 1 aliphatic rings. The largest absolute Gasteiger partial charge is 0.490 e.